The number of nitrogens with one attached hydrogen (secondary N) is 1. The smallest absolute Gasteiger partial charge is 0.262 e. The van der Waals surface area contributed by atoms with Crippen LogP contribution in [0.1, 0.15) is 40.6 Å². The van der Waals surface area contributed by atoms with Gasteiger partial charge in [0.25, 0.3) is 5.91 Å². The van der Waals surface area contributed by atoms with Gasteiger partial charge in [0.2, 0.25) is 0 Å². The lowest BCUT2D eigenvalue weighted by molar-refractivity contribution is -0.118. The topological polar surface area (TPSA) is 86.1 Å². The van der Waals surface area contributed by atoms with Gasteiger partial charge in [0, 0.05) is 17.5 Å². The van der Waals surface area contributed by atoms with Crippen LogP contribution in [-0.2, 0) is 24.7 Å². The van der Waals surface area contributed by atoms with E-state index in [0.29, 0.717) is 22.2 Å². The molecule has 9 heteroatoms. The van der Waals surface area contributed by atoms with Crippen LogP contribution in [-0.4, -0.2) is 38.8 Å². The molecular formula is C23H24N4O3S2. The van der Waals surface area contributed by atoms with Crippen molar-refractivity contribution in [2.45, 2.75) is 37.8 Å². The zero-order valence-corrected chi connectivity index (χ0v) is 19.6. The van der Waals surface area contributed by atoms with Gasteiger partial charge in [-0.3, -0.25) is 9.59 Å². The number of amides is 1. The number of carbonyl (C=O) groups is 2. The molecule has 1 aliphatic heterocycles. The zero-order valence-electron chi connectivity index (χ0n) is 18.0. The molecule has 32 heavy (non-hydrogen) atoms. The van der Waals surface area contributed by atoms with Crippen molar-refractivity contribution in [3.05, 3.63) is 40.3 Å². The van der Waals surface area contributed by atoms with E-state index in [1.165, 1.54) is 35.0 Å². The normalized spacial score (nSPS) is 17.3. The number of Topliss-reactive ketones (excluding diaryl/α,β-unsaturated/α-hetero) is 1. The van der Waals surface area contributed by atoms with Crippen molar-refractivity contribution in [2.24, 2.45) is 13.0 Å². The van der Waals surface area contributed by atoms with E-state index < -0.39 is 0 Å². The lowest BCUT2D eigenvalue weighted by atomic mass is 9.87. The predicted octanol–water partition coefficient (Wildman–Crippen LogP) is 4.36. The van der Waals surface area contributed by atoms with E-state index >= 15 is 0 Å². The first-order valence-electron chi connectivity index (χ1n) is 10.8. The third kappa shape index (κ3) is 4.06. The average Bonchev–Trinajstić information content (AvgIpc) is 3.39. The molecule has 7 nitrogen and oxygen atoms in total. The number of fused-ring (bicyclic) bond motifs is 2. The van der Waals surface area contributed by atoms with E-state index in [1.807, 2.05) is 23.0 Å². The Morgan fingerprint density at radius 3 is 3.06 bits per heavy atom. The fourth-order valence-corrected chi connectivity index (χ4v) is 6.22. The Labute approximate surface area is 194 Å². The van der Waals surface area contributed by atoms with Crippen molar-refractivity contribution >= 4 is 40.5 Å². The van der Waals surface area contributed by atoms with Crippen molar-refractivity contribution in [3.63, 3.8) is 0 Å². The molecule has 1 aliphatic carbocycles. The van der Waals surface area contributed by atoms with Crippen molar-refractivity contribution in [1.82, 2.24) is 14.8 Å². The number of carbonyl (C=O) groups excluding carboxylic acids is 2. The van der Waals surface area contributed by atoms with Crippen LogP contribution in [0.4, 0.5) is 5.69 Å². The summed E-state index contributed by atoms with van der Waals surface area (Å²) in [5, 5.41) is 12.2. The first-order chi connectivity index (χ1) is 15.5. The number of ether oxygens (including phenoxy) is 1. The molecule has 5 rings (SSSR count). The SMILES string of the molecule is CCC1CCc2sc(-c3nnc(SCC(=O)c4ccc5c(c4)NC(=O)CO5)n3C)cc2C1. The molecule has 3 aromatic rings. The first kappa shape index (κ1) is 21.2. The lowest BCUT2D eigenvalue weighted by Gasteiger charge is -2.19. The zero-order chi connectivity index (χ0) is 22.2. The highest BCUT2D eigenvalue weighted by molar-refractivity contribution is 7.99. The maximum absolute atomic E-state index is 12.7. The molecule has 0 bridgehead atoms. The van der Waals surface area contributed by atoms with Crippen LogP contribution in [0.3, 0.4) is 0 Å². The summed E-state index contributed by atoms with van der Waals surface area (Å²) in [6.45, 7) is 2.27. The number of rotatable bonds is 6. The summed E-state index contributed by atoms with van der Waals surface area (Å²) in [6.07, 6.45) is 4.80. The van der Waals surface area contributed by atoms with Crippen LogP contribution in [0.15, 0.2) is 29.4 Å². The summed E-state index contributed by atoms with van der Waals surface area (Å²) in [7, 11) is 1.95. The van der Waals surface area contributed by atoms with E-state index in [2.05, 4.69) is 28.5 Å². The summed E-state index contributed by atoms with van der Waals surface area (Å²) in [6, 6.07) is 7.38. The highest BCUT2D eigenvalue weighted by Gasteiger charge is 2.23. The monoisotopic (exact) mass is 468 g/mol. The molecule has 1 unspecified atom stereocenters. The van der Waals surface area contributed by atoms with E-state index in [1.54, 1.807) is 18.2 Å². The minimum atomic E-state index is -0.219. The van der Waals surface area contributed by atoms with E-state index in [4.69, 9.17) is 4.74 Å². The van der Waals surface area contributed by atoms with Gasteiger partial charge in [-0.05, 0) is 55.0 Å². The molecule has 166 valence electrons. The van der Waals surface area contributed by atoms with Crippen LogP contribution in [0, 0.1) is 5.92 Å². The molecule has 1 amide bonds. The Bertz CT molecular complexity index is 1200. The predicted molar refractivity (Wildman–Crippen MR) is 126 cm³/mol. The summed E-state index contributed by atoms with van der Waals surface area (Å²) in [4.78, 5) is 26.9. The number of aryl methyl sites for hydroxylation is 1. The standard InChI is InChI=1S/C23H24N4O3S2/c1-3-13-4-7-19-15(8-13)10-20(32-19)22-25-26-23(27(22)2)31-12-17(28)14-5-6-18-16(9-14)24-21(29)11-30-18/h5-6,9-10,13H,3-4,7-8,11-12H2,1-2H3,(H,24,29). The van der Waals surface area contributed by atoms with Gasteiger partial charge in [0.15, 0.2) is 23.4 Å². The third-order valence-electron chi connectivity index (χ3n) is 6.08. The second-order valence-corrected chi connectivity index (χ2v) is 10.3. The van der Waals surface area contributed by atoms with Crippen LogP contribution in [0.25, 0.3) is 10.7 Å². The number of ketones is 1. The number of anilines is 1. The molecule has 3 heterocycles. The van der Waals surface area contributed by atoms with Crippen LogP contribution >= 0.6 is 23.1 Å². The molecule has 2 aliphatic rings. The van der Waals surface area contributed by atoms with E-state index in [9.17, 15) is 9.59 Å². The van der Waals surface area contributed by atoms with Crippen LogP contribution in [0.5, 0.6) is 5.75 Å². The molecule has 1 N–H and O–H groups in total. The first-order valence-corrected chi connectivity index (χ1v) is 12.6. The Hall–Kier alpha value is -2.65. The van der Waals surface area contributed by atoms with Gasteiger partial charge in [-0.1, -0.05) is 25.1 Å². The largest absolute Gasteiger partial charge is 0.482 e. The van der Waals surface area contributed by atoms with Crippen LogP contribution < -0.4 is 10.1 Å². The molecule has 0 fully saturated rings. The average molecular weight is 469 g/mol. The Balaban J connectivity index is 1.28. The maximum atomic E-state index is 12.7. The molecule has 1 aromatic carbocycles. The van der Waals surface area contributed by atoms with Crippen molar-refractivity contribution in [3.8, 4) is 16.5 Å². The Morgan fingerprint density at radius 2 is 2.22 bits per heavy atom. The fourth-order valence-electron chi connectivity index (χ4n) is 4.18. The second-order valence-electron chi connectivity index (χ2n) is 8.20. The molecule has 1 atom stereocenters. The van der Waals surface area contributed by atoms with Crippen molar-refractivity contribution in [1.29, 1.82) is 0 Å². The number of thiophene rings is 1. The van der Waals surface area contributed by atoms with Gasteiger partial charge in [-0.15, -0.1) is 21.5 Å². The minimum Gasteiger partial charge on any atom is -0.482 e. The quantitative estimate of drug-likeness (QED) is 0.427. The molecule has 0 saturated carbocycles. The lowest BCUT2D eigenvalue weighted by Crippen LogP contribution is -2.25. The second kappa shape index (κ2) is 8.71. The van der Waals surface area contributed by atoms with Gasteiger partial charge >= 0.3 is 0 Å². The molecular weight excluding hydrogens is 444 g/mol. The van der Waals surface area contributed by atoms with Gasteiger partial charge < -0.3 is 14.6 Å². The number of benzene rings is 1. The Kier molecular flexibility index (Phi) is 5.77. The third-order valence-corrected chi connectivity index (χ3v) is 8.34. The molecule has 0 spiro atoms. The highest BCUT2D eigenvalue weighted by Crippen LogP contribution is 2.38. The number of hydrogen-bond donors (Lipinski definition) is 1. The van der Waals surface area contributed by atoms with E-state index in [-0.39, 0.29) is 24.1 Å². The van der Waals surface area contributed by atoms with E-state index in [0.717, 1.165) is 29.5 Å². The summed E-state index contributed by atoms with van der Waals surface area (Å²) in [5.41, 5.74) is 2.52. The molecule has 0 radical (unpaired) electrons. The van der Waals surface area contributed by atoms with Crippen molar-refractivity contribution in [2.75, 3.05) is 17.7 Å². The highest BCUT2D eigenvalue weighted by atomic mass is 32.2. The van der Waals surface area contributed by atoms with Crippen molar-refractivity contribution < 1.29 is 14.3 Å². The minimum absolute atomic E-state index is 0.00293. The summed E-state index contributed by atoms with van der Waals surface area (Å²) < 4.78 is 7.32. The van der Waals surface area contributed by atoms with Gasteiger partial charge in [0.1, 0.15) is 5.75 Å². The number of hydrogen-bond acceptors (Lipinski definition) is 7. The van der Waals surface area contributed by atoms with Gasteiger partial charge in [0.05, 0.1) is 16.3 Å². The summed E-state index contributed by atoms with van der Waals surface area (Å²) in [5.74, 6) is 2.18. The fraction of sp³-hybridized carbons (Fsp3) is 0.391. The summed E-state index contributed by atoms with van der Waals surface area (Å²) >= 11 is 3.19. The van der Waals surface area contributed by atoms with Gasteiger partial charge in [-0.25, -0.2) is 0 Å². The maximum Gasteiger partial charge on any atom is 0.262 e. The molecule has 0 saturated heterocycles. The number of nitrogens with zero attached hydrogens (tertiary/aromatic N) is 3. The number of aromatic nitrogens is 3. The Morgan fingerprint density at radius 1 is 1.34 bits per heavy atom. The number of thioether (sulfide) groups is 1. The molecule has 2 aromatic heterocycles. The van der Waals surface area contributed by atoms with Gasteiger partial charge in [-0.2, -0.15) is 0 Å². The van der Waals surface area contributed by atoms with Crippen LogP contribution in [0.2, 0.25) is 0 Å².